The van der Waals surface area contributed by atoms with E-state index in [2.05, 4.69) is 17.2 Å². The van der Waals surface area contributed by atoms with Crippen LogP contribution in [0.3, 0.4) is 0 Å². The molecule has 0 fully saturated rings. The Morgan fingerprint density at radius 3 is 2.45 bits per heavy atom. The summed E-state index contributed by atoms with van der Waals surface area (Å²) >= 11 is 5.86. The Kier molecular flexibility index (Phi) is 5.53. The van der Waals surface area contributed by atoms with Crippen LogP contribution in [0.15, 0.2) is 48.8 Å². The topological polar surface area (TPSA) is 45.1 Å². The van der Waals surface area contributed by atoms with Crippen LogP contribution < -0.4 is 5.32 Å². The average molecular weight is 291 g/mol. The molecule has 106 valence electrons. The Balaban J connectivity index is 1.80. The van der Waals surface area contributed by atoms with Crippen LogP contribution in [0, 0.1) is 0 Å². The van der Waals surface area contributed by atoms with Gasteiger partial charge in [-0.15, -0.1) is 0 Å². The number of aromatic nitrogens is 1. The standard InChI is InChI=1S/C16H19ClN2O/c1-12(10-13-2-4-15(17)5-3-13)19-11-16(20)14-6-8-18-9-7-14/h2-9,12,16,19-20H,10-11H2,1H3. The van der Waals surface area contributed by atoms with Gasteiger partial charge in [0.05, 0.1) is 6.10 Å². The van der Waals surface area contributed by atoms with E-state index in [0.29, 0.717) is 6.54 Å². The number of rotatable bonds is 6. The van der Waals surface area contributed by atoms with Crippen molar-refractivity contribution in [2.75, 3.05) is 6.54 Å². The fraction of sp³-hybridized carbons (Fsp3) is 0.312. The highest BCUT2D eigenvalue weighted by molar-refractivity contribution is 6.30. The molecule has 2 atom stereocenters. The zero-order valence-corrected chi connectivity index (χ0v) is 12.2. The molecule has 0 amide bonds. The quantitative estimate of drug-likeness (QED) is 0.860. The summed E-state index contributed by atoms with van der Waals surface area (Å²) < 4.78 is 0. The molecule has 0 aliphatic heterocycles. The molecule has 2 aromatic rings. The summed E-state index contributed by atoms with van der Waals surface area (Å²) in [4.78, 5) is 3.94. The van der Waals surface area contributed by atoms with Crippen molar-refractivity contribution < 1.29 is 5.11 Å². The predicted molar refractivity (Wildman–Crippen MR) is 81.8 cm³/mol. The molecule has 1 aromatic carbocycles. The number of pyridine rings is 1. The second kappa shape index (κ2) is 7.39. The minimum atomic E-state index is -0.509. The number of halogens is 1. The normalized spacial score (nSPS) is 13.9. The van der Waals surface area contributed by atoms with Crippen molar-refractivity contribution in [3.05, 3.63) is 64.9 Å². The number of benzene rings is 1. The number of aliphatic hydroxyl groups excluding tert-OH is 1. The molecule has 0 radical (unpaired) electrons. The summed E-state index contributed by atoms with van der Waals surface area (Å²) in [5, 5.41) is 14.2. The maximum absolute atomic E-state index is 10.1. The number of hydrogen-bond acceptors (Lipinski definition) is 3. The van der Waals surface area contributed by atoms with Crippen molar-refractivity contribution in [3.8, 4) is 0 Å². The Morgan fingerprint density at radius 2 is 1.80 bits per heavy atom. The molecule has 20 heavy (non-hydrogen) atoms. The van der Waals surface area contributed by atoms with Crippen molar-refractivity contribution in [2.45, 2.75) is 25.5 Å². The largest absolute Gasteiger partial charge is 0.387 e. The van der Waals surface area contributed by atoms with Gasteiger partial charge in [-0.25, -0.2) is 0 Å². The monoisotopic (exact) mass is 290 g/mol. The first-order valence-corrected chi connectivity index (χ1v) is 7.09. The number of hydrogen-bond donors (Lipinski definition) is 2. The van der Waals surface area contributed by atoms with E-state index < -0.39 is 6.10 Å². The molecule has 2 unspecified atom stereocenters. The van der Waals surface area contributed by atoms with Crippen LogP contribution in [-0.2, 0) is 6.42 Å². The lowest BCUT2D eigenvalue weighted by molar-refractivity contribution is 0.170. The molecule has 0 saturated heterocycles. The lowest BCUT2D eigenvalue weighted by atomic mass is 10.1. The van der Waals surface area contributed by atoms with Crippen molar-refractivity contribution in [2.24, 2.45) is 0 Å². The summed E-state index contributed by atoms with van der Waals surface area (Å²) in [6.45, 7) is 2.63. The van der Waals surface area contributed by atoms with Gasteiger partial charge >= 0.3 is 0 Å². The second-order valence-electron chi connectivity index (χ2n) is 4.94. The molecule has 3 nitrogen and oxygen atoms in total. The third kappa shape index (κ3) is 4.60. The van der Waals surface area contributed by atoms with Crippen LogP contribution >= 0.6 is 11.6 Å². The molecule has 0 spiro atoms. The summed E-state index contributed by atoms with van der Waals surface area (Å²) in [5.41, 5.74) is 2.11. The lowest BCUT2D eigenvalue weighted by Gasteiger charge is -2.17. The minimum absolute atomic E-state index is 0.285. The highest BCUT2D eigenvalue weighted by atomic mass is 35.5. The Bertz CT molecular complexity index is 516. The van der Waals surface area contributed by atoms with Crippen LogP contribution in [-0.4, -0.2) is 22.7 Å². The molecule has 1 heterocycles. The predicted octanol–water partition coefficient (Wildman–Crippen LogP) is 2.99. The molecule has 2 rings (SSSR count). The Labute approximate surface area is 124 Å². The van der Waals surface area contributed by atoms with Gasteiger partial charge in [0.2, 0.25) is 0 Å². The average Bonchev–Trinajstić information content (AvgIpc) is 2.48. The van der Waals surface area contributed by atoms with E-state index in [4.69, 9.17) is 11.6 Å². The van der Waals surface area contributed by atoms with Gasteiger partial charge in [0.25, 0.3) is 0 Å². The number of nitrogens with one attached hydrogen (secondary N) is 1. The van der Waals surface area contributed by atoms with Crippen LogP contribution in [0.2, 0.25) is 5.02 Å². The highest BCUT2D eigenvalue weighted by Crippen LogP contribution is 2.12. The lowest BCUT2D eigenvalue weighted by Crippen LogP contribution is -2.32. The third-order valence-electron chi connectivity index (χ3n) is 3.21. The first-order valence-electron chi connectivity index (χ1n) is 6.71. The van der Waals surface area contributed by atoms with Gasteiger partial charge in [0.1, 0.15) is 0 Å². The molecule has 1 aromatic heterocycles. The Morgan fingerprint density at radius 1 is 1.15 bits per heavy atom. The van der Waals surface area contributed by atoms with Crippen LogP contribution in [0.4, 0.5) is 0 Å². The third-order valence-corrected chi connectivity index (χ3v) is 3.46. The van der Waals surface area contributed by atoms with Gasteiger partial charge in [-0.2, -0.15) is 0 Å². The molecule has 0 saturated carbocycles. The first-order chi connectivity index (χ1) is 9.65. The zero-order chi connectivity index (χ0) is 14.4. The van der Waals surface area contributed by atoms with Crippen molar-refractivity contribution in [3.63, 3.8) is 0 Å². The highest BCUT2D eigenvalue weighted by Gasteiger charge is 2.09. The van der Waals surface area contributed by atoms with Crippen molar-refractivity contribution in [1.29, 1.82) is 0 Å². The van der Waals surface area contributed by atoms with E-state index in [0.717, 1.165) is 17.0 Å². The van der Waals surface area contributed by atoms with Crippen molar-refractivity contribution in [1.82, 2.24) is 10.3 Å². The maximum atomic E-state index is 10.1. The van der Waals surface area contributed by atoms with Gasteiger partial charge in [-0.1, -0.05) is 23.7 Å². The summed E-state index contributed by atoms with van der Waals surface area (Å²) in [5.74, 6) is 0. The van der Waals surface area contributed by atoms with Crippen LogP contribution in [0.1, 0.15) is 24.2 Å². The molecular formula is C16H19ClN2O. The number of nitrogens with zero attached hydrogens (tertiary/aromatic N) is 1. The Hall–Kier alpha value is -1.42. The van der Waals surface area contributed by atoms with Crippen molar-refractivity contribution >= 4 is 11.6 Å². The van der Waals surface area contributed by atoms with Gasteiger partial charge in [-0.3, -0.25) is 4.98 Å². The molecule has 0 aliphatic carbocycles. The van der Waals surface area contributed by atoms with E-state index in [1.54, 1.807) is 12.4 Å². The molecule has 2 N–H and O–H groups in total. The van der Waals surface area contributed by atoms with E-state index >= 15 is 0 Å². The summed E-state index contributed by atoms with van der Waals surface area (Å²) in [6, 6.07) is 11.8. The maximum Gasteiger partial charge on any atom is 0.0915 e. The molecule has 0 bridgehead atoms. The second-order valence-corrected chi connectivity index (χ2v) is 5.37. The van der Waals surface area contributed by atoms with E-state index in [1.807, 2.05) is 36.4 Å². The van der Waals surface area contributed by atoms with Crippen LogP contribution in [0.25, 0.3) is 0 Å². The van der Waals surface area contributed by atoms with E-state index in [-0.39, 0.29) is 6.04 Å². The summed E-state index contributed by atoms with van der Waals surface area (Å²) in [7, 11) is 0. The minimum Gasteiger partial charge on any atom is -0.387 e. The van der Waals surface area contributed by atoms with E-state index in [1.165, 1.54) is 5.56 Å². The molecule has 4 heteroatoms. The first kappa shape index (κ1) is 15.0. The SMILES string of the molecule is CC(Cc1ccc(Cl)cc1)NCC(O)c1ccncc1. The van der Waals surface area contributed by atoms with Crippen LogP contribution in [0.5, 0.6) is 0 Å². The number of aliphatic hydroxyl groups is 1. The van der Waals surface area contributed by atoms with Gasteiger partial charge in [0.15, 0.2) is 0 Å². The fourth-order valence-electron chi connectivity index (χ4n) is 2.06. The summed E-state index contributed by atoms with van der Waals surface area (Å²) in [6.07, 6.45) is 3.77. The van der Waals surface area contributed by atoms with Gasteiger partial charge < -0.3 is 10.4 Å². The fourth-order valence-corrected chi connectivity index (χ4v) is 2.19. The molecule has 0 aliphatic rings. The zero-order valence-electron chi connectivity index (χ0n) is 11.5. The smallest absolute Gasteiger partial charge is 0.0915 e. The van der Waals surface area contributed by atoms with E-state index in [9.17, 15) is 5.11 Å². The van der Waals surface area contributed by atoms with Gasteiger partial charge in [-0.05, 0) is 48.7 Å². The molecular weight excluding hydrogens is 272 g/mol. The van der Waals surface area contributed by atoms with Gasteiger partial charge in [0, 0.05) is 30.0 Å².